The van der Waals surface area contributed by atoms with Crippen LogP contribution in [0.5, 0.6) is 23.0 Å². The van der Waals surface area contributed by atoms with Crippen molar-refractivity contribution >= 4 is 23.9 Å². The largest absolute Gasteiger partial charge is 0.507 e. The fourth-order valence-corrected chi connectivity index (χ4v) is 6.86. The van der Waals surface area contributed by atoms with Crippen molar-refractivity contribution in [1.29, 1.82) is 0 Å². The van der Waals surface area contributed by atoms with Crippen LogP contribution in [0.25, 0.3) is 0 Å². The zero-order valence-electron chi connectivity index (χ0n) is 31.4. The van der Waals surface area contributed by atoms with Gasteiger partial charge in [0, 0.05) is 54.7 Å². The van der Waals surface area contributed by atoms with Gasteiger partial charge in [0.25, 0.3) is 0 Å². The van der Waals surface area contributed by atoms with Gasteiger partial charge in [-0.1, -0.05) is 23.3 Å². The van der Waals surface area contributed by atoms with Crippen LogP contribution in [0.15, 0.2) is 23.3 Å². The molecule has 0 atom stereocenters. The van der Waals surface area contributed by atoms with Crippen molar-refractivity contribution < 1.29 is 57.4 Å². The Morgan fingerprint density at radius 3 is 1.89 bits per heavy atom. The molecule has 13 nitrogen and oxygen atoms in total. The summed E-state index contributed by atoms with van der Waals surface area (Å²) in [7, 11) is 3.03. The minimum absolute atomic E-state index is 0.00294. The number of benzene rings is 2. The first-order chi connectivity index (χ1) is 25.4. The number of carbonyl (C=O) groups is 4. The zero-order chi connectivity index (χ0) is 38.2. The van der Waals surface area contributed by atoms with Crippen molar-refractivity contribution in [3.63, 3.8) is 0 Å². The van der Waals surface area contributed by atoms with Gasteiger partial charge in [0.2, 0.25) is 0 Å². The highest BCUT2D eigenvalue weighted by Crippen LogP contribution is 2.44. The van der Waals surface area contributed by atoms with Crippen LogP contribution in [-0.4, -0.2) is 87.6 Å². The number of phenols is 1. The maximum absolute atomic E-state index is 13.4. The van der Waals surface area contributed by atoms with E-state index in [0.717, 1.165) is 35.4 Å². The SMILES string of the molecule is COc1c(C)c2c(c(O)c1CC=C(C)CCC(=O)Oc1c(CC=C(C)CCC(=O)OCCN3CCOCC3)c(OC)c(C)c3c1C(=O)OC3)C(=O)OC2. The van der Waals surface area contributed by atoms with E-state index in [0.29, 0.717) is 73.0 Å². The predicted octanol–water partition coefficient (Wildman–Crippen LogP) is 5.39. The Bertz CT molecular complexity index is 1820. The second kappa shape index (κ2) is 17.8. The van der Waals surface area contributed by atoms with Crippen molar-refractivity contribution in [1.82, 2.24) is 4.90 Å². The van der Waals surface area contributed by atoms with Crippen molar-refractivity contribution in [2.75, 3.05) is 53.7 Å². The molecule has 286 valence electrons. The van der Waals surface area contributed by atoms with Crippen molar-refractivity contribution in [2.45, 2.75) is 79.4 Å². The van der Waals surface area contributed by atoms with E-state index in [1.165, 1.54) is 14.2 Å². The lowest BCUT2D eigenvalue weighted by atomic mass is 9.94. The molecule has 1 N–H and O–H groups in total. The van der Waals surface area contributed by atoms with E-state index in [-0.39, 0.29) is 67.5 Å². The molecule has 0 bridgehead atoms. The van der Waals surface area contributed by atoms with Gasteiger partial charge >= 0.3 is 23.9 Å². The number of phenolic OH excluding ortho intramolecular Hbond substituents is 1. The van der Waals surface area contributed by atoms with E-state index >= 15 is 0 Å². The summed E-state index contributed by atoms with van der Waals surface area (Å²) in [6, 6.07) is 0. The first-order valence-electron chi connectivity index (χ1n) is 17.9. The standard InChI is InChI=1S/C40H49NO12/c1-23(7-11-27-35(44)33-29(21-51-39(33)45)25(3)36(27)47-5)10-14-32(43)53-38-28(37(48-6)26(4)30-22-52-40(46)34(30)38)12-8-24(2)9-13-31(42)50-20-17-41-15-18-49-19-16-41/h7-8,44H,9-22H2,1-6H3. The second-order valence-corrected chi connectivity index (χ2v) is 13.5. The molecule has 0 aliphatic carbocycles. The number of rotatable bonds is 16. The van der Waals surface area contributed by atoms with E-state index in [9.17, 15) is 24.3 Å². The number of nitrogens with zero attached hydrogens (tertiary/aromatic N) is 1. The van der Waals surface area contributed by atoms with E-state index in [2.05, 4.69) is 4.90 Å². The van der Waals surface area contributed by atoms with Crippen molar-refractivity contribution in [2.24, 2.45) is 0 Å². The van der Waals surface area contributed by atoms with Crippen LogP contribution in [0.2, 0.25) is 0 Å². The number of cyclic esters (lactones) is 2. The summed E-state index contributed by atoms with van der Waals surface area (Å²) in [5, 5.41) is 10.9. The Labute approximate surface area is 309 Å². The van der Waals surface area contributed by atoms with Crippen molar-refractivity contribution in [3.8, 4) is 23.0 Å². The summed E-state index contributed by atoms with van der Waals surface area (Å²) in [6.45, 7) is 11.6. The number of hydrogen-bond acceptors (Lipinski definition) is 13. The normalized spacial score (nSPS) is 15.8. The smallest absolute Gasteiger partial charge is 0.342 e. The van der Waals surface area contributed by atoms with E-state index in [4.69, 9.17) is 33.2 Å². The predicted molar refractivity (Wildman–Crippen MR) is 193 cm³/mol. The second-order valence-electron chi connectivity index (χ2n) is 13.5. The third kappa shape index (κ3) is 9.02. The number of esters is 4. The molecular formula is C40H49NO12. The number of morpholine rings is 1. The molecule has 0 spiro atoms. The van der Waals surface area contributed by atoms with Gasteiger partial charge in [-0.2, -0.15) is 0 Å². The van der Waals surface area contributed by atoms with Crippen LogP contribution in [0.3, 0.4) is 0 Å². The Morgan fingerprint density at radius 1 is 0.755 bits per heavy atom. The zero-order valence-corrected chi connectivity index (χ0v) is 31.4. The number of hydrogen-bond donors (Lipinski definition) is 1. The Hall–Kier alpha value is -4.88. The third-order valence-electron chi connectivity index (χ3n) is 10.0. The Morgan fingerprint density at radius 2 is 1.28 bits per heavy atom. The average molecular weight is 736 g/mol. The molecule has 0 saturated carbocycles. The van der Waals surface area contributed by atoms with Crippen LogP contribution in [0.4, 0.5) is 0 Å². The molecule has 3 aliphatic rings. The van der Waals surface area contributed by atoms with E-state index < -0.39 is 17.9 Å². The maximum atomic E-state index is 13.4. The van der Waals surface area contributed by atoms with Crippen LogP contribution >= 0.6 is 0 Å². The number of fused-ring (bicyclic) bond motifs is 2. The first-order valence-corrected chi connectivity index (χ1v) is 17.9. The van der Waals surface area contributed by atoms with Crippen LogP contribution in [-0.2, 0) is 54.6 Å². The number of methoxy groups -OCH3 is 2. The monoisotopic (exact) mass is 735 g/mol. The molecule has 2 aromatic carbocycles. The highest BCUT2D eigenvalue weighted by Gasteiger charge is 2.35. The molecule has 13 heteroatoms. The summed E-state index contributed by atoms with van der Waals surface area (Å²) in [5.74, 6) is -1.06. The molecule has 0 radical (unpaired) electrons. The van der Waals surface area contributed by atoms with Crippen LogP contribution in [0.1, 0.15) is 93.6 Å². The summed E-state index contributed by atoms with van der Waals surface area (Å²) in [4.78, 5) is 53.2. The Kier molecular flexibility index (Phi) is 13.2. The van der Waals surface area contributed by atoms with Gasteiger partial charge in [-0.25, -0.2) is 9.59 Å². The number of aromatic hydroxyl groups is 1. The molecular weight excluding hydrogens is 686 g/mol. The summed E-state index contributed by atoms with van der Waals surface area (Å²) >= 11 is 0. The molecule has 1 saturated heterocycles. The minimum Gasteiger partial charge on any atom is -0.507 e. The lowest BCUT2D eigenvalue weighted by Gasteiger charge is -2.26. The molecule has 0 aromatic heterocycles. The quantitative estimate of drug-likeness (QED) is 0.102. The number of allylic oxidation sites excluding steroid dienone is 4. The molecule has 1 fully saturated rings. The minimum atomic E-state index is -0.575. The molecule has 0 unspecified atom stereocenters. The molecule has 0 amide bonds. The first kappa shape index (κ1) is 39.3. The molecule has 3 heterocycles. The highest BCUT2D eigenvalue weighted by atomic mass is 16.6. The van der Waals surface area contributed by atoms with Gasteiger partial charge < -0.3 is 38.3 Å². The highest BCUT2D eigenvalue weighted by molar-refractivity contribution is 5.99. The van der Waals surface area contributed by atoms with E-state index in [1.54, 1.807) is 0 Å². The fraction of sp³-hybridized carbons (Fsp3) is 0.500. The third-order valence-corrected chi connectivity index (χ3v) is 10.0. The summed E-state index contributed by atoms with van der Waals surface area (Å²) < 4.78 is 38.6. The number of ether oxygens (including phenoxy) is 7. The van der Waals surface area contributed by atoms with Crippen molar-refractivity contribution in [3.05, 3.63) is 67.8 Å². The molecule has 3 aliphatic heterocycles. The topological polar surface area (TPSA) is 156 Å². The molecule has 2 aromatic rings. The van der Waals surface area contributed by atoms with Crippen LogP contribution in [0, 0.1) is 13.8 Å². The lowest BCUT2D eigenvalue weighted by molar-refractivity contribution is -0.144. The van der Waals surface area contributed by atoms with Gasteiger partial charge in [-0.15, -0.1) is 0 Å². The van der Waals surface area contributed by atoms with Gasteiger partial charge in [-0.05, 0) is 64.5 Å². The lowest BCUT2D eigenvalue weighted by Crippen LogP contribution is -2.38. The molecule has 53 heavy (non-hydrogen) atoms. The summed E-state index contributed by atoms with van der Waals surface area (Å²) in [5.41, 5.74) is 5.80. The molecule has 5 rings (SSSR count). The van der Waals surface area contributed by atoms with E-state index in [1.807, 2.05) is 39.8 Å². The maximum Gasteiger partial charge on any atom is 0.342 e. The van der Waals surface area contributed by atoms with Crippen LogP contribution < -0.4 is 14.2 Å². The number of carbonyl (C=O) groups excluding carboxylic acids is 4. The fourth-order valence-electron chi connectivity index (χ4n) is 6.86. The Balaban J connectivity index is 1.25. The van der Waals surface area contributed by atoms with Gasteiger partial charge in [-0.3, -0.25) is 14.5 Å². The van der Waals surface area contributed by atoms with Gasteiger partial charge in [0.15, 0.2) is 5.75 Å². The van der Waals surface area contributed by atoms with Gasteiger partial charge in [0.1, 0.15) is 48.2 Å². The van der Waals surface area contributed by atoms with Gasteiger partial charge in [0.05, 0.1) is 27.4 Å². The average Bonchev–Trinajstić information content (AvgIpc) is 3.74. The summed E-state index contributed by atoms with van der Waals surface area (Å²) in [6.07, 6.45) is 5.36.